The normalized spacial score (nSPS) is 13.6. The van der Waals surface area contributed by atoms with Gasteiger partial charge in [-0.1, -0.05) is 26.0 Å². The molecule has 0 aliphatic rings. The van der Waals surface area contributed by atoms with Crippen LogP contribution in [0.25, 0.3) is 0 Å². The topological polar surface area (TPSA) is 74.8 Å². The number of hydrogen-bond acceptors (Lipinski definition) is 3. The van der Waals surface area contributed by atoms with Crippen LogP contribution in [0.1, 0.15) is 25.5 Å². The van der Waals surface area contributed by atoms with Crippen LogP contribution in [0.5, 0.6) is 0 Å². The highest BCUT2D eigenvalue weighted by Crippen LogP contribution is 2.24. The molecule has 20 heavy (non-hydrogen) atoms. The molecule has 0 amide bonds. The standard InChI is InChI=1S/C13H16FN3O2S/c1-9(2)13(10-3-5-11(14)6-4-10)17-20(18,19)12-7-8-15-16-12/h3-9,13,17H,1-2H3,(H,15,16). The third-order valence-electron chi connectivity index (χ3n) is 2.94. The molecule has 0 radical (unpaired) electrons. The van der Waals surface area contributed by atoms with Crippen molar-refractivity contribution in [2.24, 2.45) is 5.92 Å². The molecule has 2 rings (SSSR count). The predicted octanol–water partition coefficient (Wildman–Crippen LogP) is 2.22. The minimum Gasteiger partial charge on any atom is -0.266 e. The van der Waals surface area contributed by atoms with Crippen molar-refractivity contribution in [3.8, 4) is 0 Å². The van der Waals surface area contributed by atoms with Crippen molar-refractivity contribution in [3.63, 3.8) is 0 Å². The average molecular weight is 297 g/mol. The molecule has 1 atom stereocenters. The fourth-order valence-corrected chi connectivity index (χ4v) is 3.16. The first-order chi connectivity index (χ1) is 9.40. The van der Waals surface area contributed by atoms with Crippen molar-refractivity contribution in [2.75, 3.05) is 0 Å². The van der Waals surface area contributed by atoms with Crippen LogP contribution in [-0.2, 0) is 10.0 Å². The first-order valence-electron chi connectivity index (χ1n) is 6.17. The highest BCUT2D eigenvalue weighted by atomic mass is 32.2. The summed E-state index contributed by atoms with van der Waals surface area (Å²) in [6, 6.07) is 6.73. The van der Waals surface area contributed by atoms with Gasteiger partial charge in [0.05, 0.1) is 6.20 Å². The number of sulfonamides is 1. The second-order valence-electron chi connectivity index (χ2n) is 4.82. The SMILES string of the molecule is CC(C)C(NS(=O)(=O)c1ccn[nH]1)c1ccc(F)cc1. The van der Waals surface area contributed by atoms with E-state index in [2.05, 4.69) is 14.9 Å². The van der Waals surface area contributed by atoms with Crippen molar-refractivity contribution >= 4 is 10.0 Å². The Kier molecular flexibility index (Phi) is 4.20. The molecule has 2 N–H and O–H groups in total. The fourth-order valence-electron chi connectivity index (χ4n) is 1.88. The Balaban J connectivity index is 2.29. The van der Waals surface area contributed by atoms with Crippen molar-refractivity contribution in [2.45, 2.75) is 24.9 Å². The number of aromatic amines is 1. The first kappa shape index (κ1) is 14.7. The fraction of sp³-hybridized carbons (Fsp3) is 0.308. The molecule has 0 aliphatic carbocycles. The van der Waals surface area contributed by atoms with Crippen LogP contribution in [0.15, 0.2) is 41.6 Å². The van der Waals surface area contributed by atoms with Crippen molar-refractivity contribution in [1.82, 2.24) is 14.9 Å². The third-order valence-corrected chi connectivity index (χ3v) is 4.31. The summed E-state index contributed by atoms with van der Waals surface area (Å²) in [5, 5.41) is 6.06. The van der Waals surface area contributed by atoms with Gasteiger partial charge >= 0.3 is 0 Å². The molecule has 1 unspecified atom stereocenters. The van der Waals surface area contributed by atoms with E-state index in [4.69, 9.17) is 0 Å². The highest BCUT2D eigenvalue weighted by molar-refractivity contribution is 7.89. The number of benzene rings is 1. The number of hydrogen-bond donors (Lipinski definition) is 2. The molecule has 1 aromatic heterocycles. The summed E-state index contributed by atoms with van der Waals surface area (Å²) in [5.41, 5.74) is 0.712. The molecule has 5 nitrogen and oxygen atoms in total. The monoisotopic (exact) mass is 297 g/mol. The molecule has 0 bridgehead atoms. The molecule has 1 aromatic carbocycles. The zero-order valence-corrected chi connectivity index (χ0v) is 12.0. The smallest absolute Gasteiger partial charge is 0.258 e. The zero-order chi connectivity index (χ0) is 14.8. The lowest BCUT2D eigenvalue weighted by Crippen LogP contribution is -2.32. The Morgan fingerprint density at radius 3 is 2.35 bits per heavy atom. The third kappa shape index (κ3) is 3.23. The van der Waals surface area contributed by atoms with Crippen LogP contribution >= 0.6 is 0 Å². The molecule has 0 spiro atoms. The van der Waals surface area contributed by atoms with Gasteiger partial charge in [-0.2, -0.15) is 5.10 Å². The minimum atomic E-state index is -3.68. The van der Waals surface area contributed by atoms with Gasteiger partial charge in [0.15, 0.2) is 5.03 Å². The van der Waals surface area contributed by atoms with E-state index in [-0.39, 0.29) is 16.8 Å². The van der Waals surface area contributed by atoms with Crippen LogP contribution in [0.4, 0.5) is 4.39 Å². The van der Waals surface area contributed by atoms with Gasteiger partial charge in [0.2, 0.25) is 0 Å². The Morgan fingerprint density at radius 2 is 1.85 bits per heavy atom. The van der Waals surface area contributed by atoms with E-state index in [0.717, 1.165) is 0 Å². The summed E-state index contributed by atoms with van der Waals surface area (Å²) in [6.45, 7) is 3.78. The summed E-state index contributed by atoms with van der Waals surface area (Å²) in [7, 11) is -3.68. The summed E-state index contributed by atoms with van der Waals surface area (Å²) in [4.78, 5) is 0. The Bertz CT molecular complexity index is 651. The number of rotatable bonds is 5. The second-order valence-corrected chi connectivity index (χ2v) is 6.50. The van der Waals surface area contributed by atoms with E-state index in [1.807, 2.05) is 13.8 Å². The van der Waals surface area contributed by atoms with Crippen LogP contribution in [0.3, 0.4) is 0 Å². The van der Waals surface area contributed by atoms with Gasteiger partial charge in [-0.05, 0) is 29.7 Å². The van der Waals surface area contributed by atoms with E-state index in [0.29, 0.717) is 5.56 Å². The summed E-state index contributed by atoms with van der Waals surface area (Å²) >= 11 is 0. The van der Waals surface area contributed by atoms with Crippen molar-refractivity contribution in [1.29, 1.82) is 0 Å². The molecule has 2 aromatic rings. The second kappa shape index (κ2) is 5.72. The van der Waals surface area contributed by atoms with Gasteiger partial charge in [-0.15, -0.1) is 0 Å². The minimum absolute atomic E-state index is 0.00487. The Hall–Kier alpha value is -1.73. The number of aromatic nitrogens is 2. The molecular formula is C13H16FN3O2S. The van der Waals surface area contributed by atoms with Gasteiger partial charge in [0.1, 0.15) is 5.82 Å². The van der Waals surface area contributed by atoms with Gasteiger partial charge in [-0.25, -0.2) is 17.5 Å². The highest BCUT2D eigenvalue weighted by Gasteiger charge is 2.24. The van der Waals surface area contributed by atoms with Crippen molar-refractivity contribution < 1.29 is 12.8 Å². The number of H-pyrrole nitrogens is 1. The lowest BCUT2D eigenvalue weighted by atomic mass is 9.97. The summed E-state index contributed by atoms with van der Waals surface area (Å²) in [6.07, 6.45) is 1.37. The van der Waals surface area contributed by atoms with E-state index < -0.39 is 16.1 Å². The predicted molar refractivity (Wildman–Crippen MR) is 72.9 cm³/mol. The van der Waals surface area contributed by atoms with Gasteiger partial charge in [0.25, 0.3) is 10.0 Å². The number of nitrogens with one attached hydrogen (secondary N) is 2. The average Bonchev–Trinajstić information content (AvgIpc) is 2.91. The van der Waals surface area contributed by atoms with Crippen LogP contribution < -0.4 is 4.72 Å². The van der Waals surface area contributed by atoms with Crippen molar-refractivity contribution in [3.05, 3.63) is 47.9 Å². The maximum atomic E-state index is 13.0. The lowest BCUT2D eigenvalue weighted by molar-refractivity contribution is 0.461. The Labute approximate surface area is 117 Å². The first-order valence-corrected chi connectivity index (χ1v) is 7.65. The molecule has 0 saturated heterocycles. The molecule has 108 valence electrons. The molecular weight excluding hydrogens is 281 g/mol. The van der Waals surface area contributed by atoms with Gasteiger partial charge in [0, 0.05) is 6.04 Å². The van der Waals surface area contributed by atoms with E-state index in [1.165, 1.54) is 24.4 Å². The van der Waals surface area contributed by atoms with Crippen LogP contribution in [0.2, 0.25) is 0 Å². The van der Waals surface area contributed by atoms with Crippen LogP contribution in [0, 0.1) is 11.7 Å². The maximum absolute atomic E-state index is 13.0. The molecule has 1 heterocycles. The van der Waals surface area contributed by atoms with E-state index in [1.54, 1.807) is 12.1 Å². The van der Waals surface area contributed by atoms with E-state index in [9.17, 15) is 12.8 Å². The van der Waals surface area contributed by atoms with Gasteiger partial charge < -0.3 is 0 Å². The zero-order valence-electron chi connectivity index (χ0n) is 11.2. The molecule has 0 saturated carbocycles. The number of halogens is 1. The molecule has 7 heteroatoms. The molecule has 0 fully saturated rings. The largest absolute Gasteiger partial charge is 0.266 e. The maximum Gasteiger partial charge on any atom is 0.258 e. The van der Waals surface area contributed by atoms with Gasteiger partial charge in [-0.3, -0.25) is 5.10 Å². The van der Waals surface area contributed by atoms with Crippen LogP contribution in [-0.4, -0.2) is 18.6 Å². The summed E-state index contributed by atoms with van der Waals surface area (Å²) in [5.74, 6) is -0.342. The van der Waals surface area contributed by atoms with E-state index >= 15 is 0 Å². The number of nitrogens with zero attached hydrogens (tertiary/aromatic N) is 1. The lowest BCUT2D eigenvalue weighted by Gasteiger charge is -2.22. The Morgan fingerprint density at radius 1 is 1.20 bits per heavy atom. The summed E-state index contributed by atoms with van der Waals surface area (Å²) < 4.78 is 40.0. The quantitative estimate of drug-likeness (QED) is 0.888. The molecule has 0 aliphatic heterocycles.